The molecule has 2 unspecified atom stereocenters. The van der Waals surface area contributed by atoms with Gasteiger partial charge in [-0.05, 0) is 13.3 Å². The van der Waals surface area contributed by atoms with Gasteiger partial charge in [0, 0.05) is 6.42 Å². The van der Waals surface area contributed by atoms with E-state index in [4.69, 9.17) is 9.81 Å². The lowest BCUT2D eigenvalue weighted by Gasteiger charge is -2.00. The van der Waals surface area contributed by atoms with Crippen LogP contribution in [0.5, 0.6) is 0 Å². The summed E-state index contributed by atoms with van der Waals surface area (Å²) in [5.74, 6) is 0. The molecule has 0 heterocycles. The van der Waals surface area contributed by atoms with Gasteiger partial charge in [0.25, 0.3) is 0 Å². The van der Waals surface area contributed by atoms with Gasteiger partial charge >= 0.3 is 0 Å². The van der Waals surface area contributed by atoms with E-state index in [1.54, 1.807) is 6.92 Å². The summed E-state index contributed by atoms with van der Waals surface area (Å²) in [7, 11) is 0. The highest BCUT2D eigenvalue weighted by Crippen LogP contribution is 2.00. The summed E-state index contributed by atoms with van der Waals surface area (Å²) in [6.07, 6.45) is 0.854. The van der Waals surface area contributed by atoms with Crippen LogP contribution in [0.1, 0.15) is 19.8 Å². The first-order valence-corrected chi connectivity index (χ1v) is 3.82. The topological polar surface area (TPSA) is 61.1 Å². The summed E-state index contributed by atoms with van der Waals surface area (Å²) in [6.45, 7) is 1.65. The van der Waals surface area contributed by atoms with Crippen molar-refractivity contribution in [3.8, 4) is 6.07 Å². The predicted octanol–water partition coefficient (Wildman–Crippen LogP) is 0.900. The zero-order valence-electron chi connectivity index (χ0n) is 5.20. The van der Waals surface area contributed by atoms with Gasteiger partial charge in [-0.3, -0.25) is 0 Å². The van der Waals surface area contributed by atoms with Crippen LogP contribution in [0.15, 0.2) is 0 Å². The molecule has 0 rings (SSSR count). The van der Waals surface area contributed by atoms with E-state index in [1.807, 2.05) is 6.07 Å². The maximum Gasteiger partial charge on any atom is 0.155 e. The van der Waals surface area contributed by atoms with Crippen LogP contribution in [0.25, 0.3) is 0 Å². The summed E-state index contributed by atoms with van der Waals surface area (Å²) in [6, 6.07) is 1.91. The SMILES string of the molecule is CC(CCC#N)S(=O)O. The first kappa shape index (κ1) is 8.60. The van der Waals surface area contributed by atoms with E-state index >= 15 is 0 Å². The molecule has 0 spiro atoms. The molecule has 2 atom stereocenters. The number of nitrogens with zero attached hydrogens (tertiary/aromatic N) is 1. The van der Waals surface area contributed by atoms with Gasteiger partial charge in [-0.1, -0.05) is 0 Å². The van der Waals surface area contributed by atoms with Crippen LogP contribution in [0.3, 0.4) is 0 Å². The Morgan fingerprint density at radius 2 is 2.44 bits per heavy atom. The molecule has 0 aromatic carbocycles. The molecule has 0 radical (unpaired) electrons. The summed E-state index contributed by atoms with van der Waals surface area (Å²) < 4.78 is 18.6. The molecule has 0 saturated carbocycles. The van der Waals surface area contributed by atoms with Crippen molar-refractivity contribution in [1.82, 2.24) is 0 Å². The number of nitriles is 1. The largest absolute Gasteiger partial charge is 0.306 e. The molecule has 0 fully saturated rings. The normalized spacial score (nSPS) is 16.1. The summed E-state index contributed by atoms with van der Waals surface area (Å²) in [5, 5.41) is 7.79. The van der Waals surface area contributed by atoms with Crippen molar-refractivity contribution in [2.45, 2.75) is 25.0 Å². The first-order chi connectivity index (χ1) is 4.18. The molecule has 0 aromatic heterocycles. The fourth-order valence-corrected chi connectivity index (χ4v) is 0.688. The summed E-state index contributed by atoms with van der Waals surface area (Å²) >= 11 is -1.76. The molecule has 0 aliphatic rings. The molecule has 1 N–H and O–H groups in total. The molecular weight excluding hydrogens is 138 g/mol. The minimum Gasteiger partial charge on any atom is -0.306 e. The summed E-state index contributed by atoms with van der Waals surface area (Å²) in [4.78, 5) is 0. The second-order valence-electron chi connectivity index (χ2n) is 1.78. The maximum atomic E-state index is 10.2. The molecule has 0 bridgehead atoms. The number of rotatable bonds is 3. The Bertz CT molecular complexity index is 140. The maximum absolute atomic E-state index is 10.2. The Kier molecular flexibility index (Phi) is 4.28. The van der Waals surface area contributed by atoms with Crippen LogP contribution in [0.4, 0.5) is 0 Å². The van der Waals surface area contributed by atoms with Gasteiger partial charge in [-0.2, -0.15) is 5.26 Å². The third-order valence-corrected chi connectivity index (χ3v) is 1.93. The monoisotopic (exact) mass is 147 g/mol. The van der Waals surface area contributed by atoms with Gasteiger partial charge in [0.2, 0.25) is 0 Å². The van der Waals surface area contributed by atoms with Crippen molar-refractivity contribution in [3.05, 3.63) is 0 Å². The van der Waals surface area contributed by atoms with E-state index in [1.165, 1.54) is 0 Å². The van der Waals surface area contributed by atoms with Gasteiger partial charge in [-0.25, -0.2) is 4.21 Å². The van der Waals surface area contributed by atoms with Crippen molar-refractivity contribution in [2.75, 3.05) is 0 Å². The molecule has 52 valence electrons. The van der Waals surface area contributed by atoms with Crippen molar-refractivity contribution in [1.29, 1.82) is 5.26 Å². The van der Waals surface area contributed by atoms with E-state index in [0.29, 0.717) is 12.8 Å². The number of hydrogen-bond donors (Lipinski definition) is 1. The van der Waals surface area contributed by atoms with E-state index in [0.717, 1.165) is 0 Å². The van der Waals surface area contributed by atoms with Crippen LogP contribution in [0.2, 0.25) is 0 Å². The van der Waals surface area contributed by atoms with E-state index in [-0.39, 0.29) is 5.25 Å². The van der Waals surface area contributed by atoms with Crippen molar-refractivity contribution in [3.63, 3.8) is 0 Å². The Morgan fingerprint density at radius 1 is 1.89 bits per heavy atom. The molecule has 0 saturated heterocycles. The minimum absolute atomic E-state index is 0.273. The third kappa shape index (κ3) is 4.13. The molecule has 0 amide bonds. The first-order valence-electron chi connectivity index (χ1n) is 2.65. The highest BCUT2D eigenvalue weighted by molar-refractivity contribution is 7.79. The summed E-state index contributed by atoms with van der Waals surface area (Å²) in [5.41, 5.74) is 0. The number of hydrogen-bond acceptors (Lipinski definition) is 2. The quantitative estimate of drug-likeness (QED) is 0.603. The lowest BCUT2D eigenvalue weighted by molar-refractivity contribution is 0.546. The molecule has 4 heteroatoms. The Hall–Kier alpha value is -0.400. The van der Waals surface area contributed by atoms with Crippen molar-refractivity contribution < 1.29 is 8.76 Å². The van der Waals surface area contributed by atoms with Crippen molar-refractivity contribution >= 4 is 11.1 Å². The lowest BCUT2D eigenvalue weighted by atomic mass is 10.3. The van der Waals surface area contributed by atoms with Gasteiger partial charge < -0.3 is 4.55 Å². The zero-order valence-corrected chi connectivity index (χ0v) is 6.02. The van der Waals surface area contributed by atoms with Gasteiger partial charge in [-0.15, -0.1) is 0 Å². The van der Waals surface area contributed by atoms with Gasteiger partial charge in [0.1, 0.15) is 0 Å². The molecule has 3 nitrogen and oxygen atoms in total. The average molecular weight is 147 g/mol. The van der Waals surface area contributed by atoms with Gasteiger partial charge in [0.05, 0.1) is 11.3 Å². The van der Waals surface area contributed by atoms with Crippen LogP contribution in [0, 0.1) is 11.3 Å². The second-order valence-corrected chi connectivity index (χ2v) is 3.14. The Labute approximate surface area is 57.0 Å². The standard InChI is InChI=1S/C5H9NO2S/c1-5(9(7)8)3-2-4-6/h5H,2-3H2,1H3,(H,7,8). The fourth-order valence-electron chi connectivity index (χ4n) is 0.369. The predicted molar refractivity (Wildman–Crippen MR) is 35.1 cm³/mol. The fraction of sp³-hybridized carbons (Fsp3) is 0.800. The van der Waals surface area contributed by atoms with Crippen LogP contribution in [-0.2, 0) is 11.1 Å². The van der Waals surface area contributed by atoms with Crippen LogP contribution < -0.4 is 0 Å². The zero-order chi connectivity index (χ0) is 7.28. The van der Waals surface area contributed by atoms with Gasteiger partial charge in [0.15, 0.2) is 11.1 Å². The highest BCUT2D eigenvalue weighted by atomic mass is 32.2. The lowest BCUT2D eigenvalue weighted by Crippen LogP contribution is -2.08. The highest BCUT2D eigenvalue weighted by Gasteiger charge is 2.05. The third-order valence-electron chi connectivity index (χ3n) is 1.01. The average Bonchev–Trinajstić information content (AvgIpc) is 1.82. The smallest absolute Gasteiger partial charge is 0.155 e. The molecule has 9 heavy (non-hydrogen) atoms. The molecule has 0 aromatic rings. The Morgan fingerprint density at radius 3 is 2.78 bits per heavy atom. The van der Waals surface area contributed by atoms with E-state index < -0.39 is 11.1 Å². The van der Waals surface area contributed by atoms with E-state index in [2.05, 4.69) is 0 Å². The van der Waals surface area contributed by atoms with E-state index in [9.17, 15) is 4.21 Å². The van der Waals surface area contributed by atoms with Crippen LogP contribution in [-0.4, -0.2) is 14.0 Å². The Balaban J connectivity index is 3.41. The second kappa shape index (κ2) is 4.48. The van der Waals surface area contributed by atoms with Crippen LogP contribution >= 0.6 is 0 Å². The van der Waals surface area contributed by atoms with Crippen molar-refractivity contribution in [2.24, 2.45) is 0 Å². The molecular formula is C5H9NO2S. The molecule has 0 aliphatic carbocycles. The minimum atomic E-state index is -1.76. The molecule has 0 aliphatic heterocycles.